The number of aromatic nitrogens is 2. The third-order valence-electron chi connectivity index (χ3n) is 3.53. The lowest BCUT2D eigenvalue weighted by Gasteiger charge is -2.13. The van der Waals surface area contributed by atoms with Gasteiger partial charge in [0.2, 0.25) is 0 Å². The van der Waals surface area contributed by atoms with Gasteiger partial charge in [-0.25, -0.2) is 4.98 Å². The van der Waals surface area contributed by atoms with Crippen molar-refractivity contribution < 1.29 is 0 Å². The van der Waals surface area contributed by atoms with Gasteiger partial charge >= 0.3 is 0 Å². The van der Waals surface area contributed by atoms with Crippen LogP contribution in [0.15, 0.2) is 36.4 Å². The SMILES string of the molecule is CC(C)(N)c1nc2cc(-c3cccc(Cl)c3C#N)ccc2[nH]1. The van der Waals surface area contributed by atoms with E-state index in [2.05, 4.69) is 16.0 Å². The van der Waals surface area contributed by atoms with Crippen molar-refractivity contribution in [1.29, 1.82) is 5.26 Å². The largest absolute Gasteiger partial charge is 0.340 e. The maximum atomic E-state index is 9.31. The number of hydrogen-bond acceptors (Lipinski definition) is 3. The van der Waals surface area contributed by atoms with Crippen molar-refractivity contribution in [2.75, 3.05) is 0 Å². The molecule has 3 aromatic rings. The molecule has 0 amide bonds. The number of nitrogens with zero attached hydrogens (tertiary/aromatic N) is 2. The Morgan fingerprint density at radius 1 is 1.27 bits per heavy atom. The van der Waals surface area contributed by atoms with Gasteiger partial charge < -0.3 is 10.7 Å². The number of benzene rings is 2. The average Bonchev–Trinajstić information content (AvgIpc) is 2.90. The fraction of sp³-hybridized carbons (Fsp3) is 0.176. The van der Waals surface area contributed by atoms with Crippen LogP contribution in [0.4, 0.5) is 0 Å². The van der Waals surface area contributed by atoms with E-state index in [0.29, 0.717) is 10.6 Å². The van der Waals surface area contributed by atoms with Gasteiger partial charge in [-0.3, -0.25) is 0 Å². The van der Waals surface area contributed by atoms with Crippen LogP contribution in [-0.4, -0.2) is 9.97 Å². The normalized spacial score (nSPS) is 11.6. The first kappa shape index (κ1) is 14.6. The average molecular weight is 311 g/mol. The first-order valence-corrected chi connectivity index (χ1v) is 7.26. The standard InChI is InChI=1S/C17H15ClN4/c1-17(2,20)16-21-14-7-6-10(8-15(14)22-16)11-4-3-5-13(18)12(11)9-19/h3-8H,20H2,1-2H3,(H,21,22). The van der Waals surface area contributed by atoms with E-state index in [4.69, 9.17) is 17.3 Å². The van der Waals surface area contributed by atoms with Crippen molar-refractivity contribution in [2.45, 2.75) is 19.4 Å². The zero-order chi connectivity index (χ0) is 15.9. The molecule has 0 saturated carbocycles. The van der Waals surface area contributed by atoms with Gasteiger partial charge in [-0.15, -0.1) is 0 Å². The van der Waals surface area contributed by atoms with Gasteiger partial charge in [-0.2, -0.15) is 5.26 Å². The third-order valence-corrected chi connectivity index (χ3v) is 3.84. The maximum absolute atomic E-state index is 9.31. The van der Waals surface area contributed by atoms with Crippen molar-refractivity contribution in [3.05, 3.63) is 52.8 Å². The fourth-order valence-electron chi connectivity index (χ4n) is 2.36. The van der Waals surface area contributed by atoms with E-state index in [9.17, 15) is 5.26 Å². The molecule has 5 heteroatoms. The highest BCUT2D eigenvalue weighted by molar-refractivity contribution is 6.32. The topological polar surface area (TPSA) is 78.5 Å². The zero-order valence-electron chi connectivity index (χ0n) is 12.3. The lowest BCUT2D eigenvalue weighted by atomic mass is 10.00. The summed E-state index contributed by atoms with van der Waals surface area (Å²) in [5.41, 5.74) is 9.45. The third kappa shape index (κ3) is 2.45. The second kappa shape index (κ2) is 5.13. The van der Waals surface area contributed by atoms with Crippen LogP contribution < -0.4 is 5.73 Å². The van der Waals surface area contributed by atoms with E-state index < -0.39 is 5.54 Å². The summed E-state index contributed by atoms with van der Waals surface area (Å²) in [6.07, 6.45) is 0. The molecule has 22 heavy (non-hydrogen) atoms. The van der Waals surface area contributed by atoms with E-state index in [0.717, 1.165) is 28.0 Å². The summed E-state index contributed by atoms with van der Waals surface area (Å²) >= 11 is 6.10. The molecule has 0 aliphatic heterocycles. The first-order valence-electron chi connectivity index (χ1n) is 6.88. The highest BCUT2D eigenvalue weighted by Gasteiger charge is 2.19. The number of nitrogens with one attached hydrogen (secondary N) is 1. The Morgan fingerprint density at radius 3 is 2.73 bits per heavy atom. The minimum atomic E-state index is -0.535. The van der Waals surface area contributed by atoms with E-state index >= 15 is 0 Å². The number of rotatable bonds is 2. The van der Waals surface area contributed by atoms with Gasteiger partial charge in [0.15, 0.2) is 0 Å². The number of halogens is 1. The second-order valence-electron chi connectivity index (χ2n) is 5.81. The Kier molecular flexibility index (Phi) is 3.40. The summed E-state index contributed by atoms with van der Waals surface area (Å²) in [6.45, 7) is 3.80. The van der Waals surface area contributed by atoms with Crippen LogP contribution >= 0.6 is 11.6 Å². The summed E-state index contributed by atoms with van der Waals surface area (Å²) in [6, 6.07) is 13.4. The Balaban J connectivity index is 2.18. The van der Waals surface area contributed by atoms with E-state index in [1.165, 1.54) is 0 Å². The van der Waals surface area contributed by atoms with E-state index in [-0.39, 0.29) is 0 Å². The van der Waals surface area contributed by atoms with Crippen LogP contribution in [0.1, 0.15) is 25.2 Å². The molecule has 0 unspecified atom stereocenters. The van der Waals surface area contributed by atoms with Crippen LogP contribution in [0.3, 0.4) is 0 Å². The number of imidazole rings is 1. The van der Waals surface area contributed by atoms with Gasteiger partial charge in [-0.05, 0) is 37.6 Å². The molecular formula is C17H15ClN4. The van der Waals surface area contributed by atoms with E-state index in [1.807, 2.05) is 44.2 Å². The summed E-state index contributed by atoms with van der Waals surface area (Å²) in [4.78, 5) is 7.78. The molecule has 0 saturated heterocycles. The van der Waals surface area contributed by atoms with Gasteiger partial charge in [-0.1, -0.05) is 29.8 Å². The smallest absolute Gasteiger partial charge is 0.126 e. The van der Waals surface area contributed by atoms with Crippen LogP contribution in [0.25, 0.3) is 22.2 Å². The molecular weight excluding hydrogens is 296 g/mol. The molecule has 3 rings (SSSR count). The van der Waals surface area contributed by atoms with Crippen molar-refractivity contribution in [2.24, 2.45) is 5.73 Å². The molecule has 1 aromatic heterocycles. The van der Waals surface area contributed by atoms with Crippen molar-refractivity contribution in [3.8, 4) is 17.2 Å². The quantitative estimate of drug-likeness (QED) is 0.752. The van der Waals surface area contributed by atoms with Gasteiger partial charge in [0.25, 0.3) is 0 Å². The molecule has 4 nitrogen and oxygen atoms in total. The molecule has 0 atom stereocenters. The predicted octanol–water partition coefficient (Wildman–Crippen LogP) is 3.95. The maximum Gasteiger partial charge on any atom is 0.126 e. The van der Waals surface area contributed by atoms with Crippen LogP contribution in [0, 0.1) is 11.3 Å². The summed E-state index contributed by atoms with van der Waals surface area (Å²) < 4.78 is 0. The molecule has 0 bridgehead atoms. The zero-order valence-corrected chi connectivity index (χ0v) is 13.1. The number of nitrogens with two attached hydrogens (primary N) is 1. The molecule has 3 N–H and O–H groups in total. The molecule has 0 spiro atoms. The lowest BCUT2D eigenvalue weighted by molar-refractivity contribution is 0.522. The van der Waals surface area contributed by atoms with Crippen molar-refractivity contribution in [3.63, 3.8) is 0 Å². The van der Waals surface area contributed by atoms with Gasteiger partial charge in [0.05, 0.1) is 27.2 Å². The van der Waals surface area contributed by atoms with Gasteiger partial charge in [0, 0.05) is 5.56 Å². The number of fused-ring (bicyclic) bond motifs is 1. The molecule has 0 radical (unpaired) electrons. The molecule has 0 aliphatic rings. The second-order valence-corrected chi connectivity index (χ2v) is 6.22. The highest BCUT2D eigenvalue weighted by Crippen LogP contribution is 2.30. The summed E-state index contributed by atoms with van der Waals surface area (Å²) in [5.74, 6) is 0.728. The number of H-pyrrole nitrogens is 1. The Morgan fingerprint density at radius 2 is 2.05 bits per heavy atom. The number of hydrogen-bond donors (Lipinski definition) is 2. The number of nitriles is 1. The van der Waals surface area contributed by atoms with E-state index in [1.54, 1.807) is 6.07 Å². The highest BCUT2D eigenvalue weighted by atomic mass is 35.5. The minimum Gasteiger partial charge on any atom is -0.340 e. The summed E-state index contributed by atoms with van der Waals surface area (Å²) in [5, 5.41) is 9.76. The molecule has 2 aromatic carbocycles. The van der Waals surface area contributed by atoms with Crippen LogP contribution in [0.5, 0.6) is 0 Å². The summed E-state index contributed by atoms with van der Waals surface area (Å²) in [7, 11) is 0. The predicted molar refractivity (Wildman–Crippen MR) is 88.5 cm³/mol. The fourth-order valence-corrected chi connectivity index (χ4v) is 2.57. The number of aromatic amines is 1. The Bertz CT molecular complexity index is 897. The van der Waals surface area contributed by atoms with Crippen molar-refractivity contribution >= 4 is 22.6 Å². The van der Waals surface area contributed by atoms with Crippen LogP contribution in [0.2, 0.25) is 5.02 Å². The monoisotopic (exact) mass is 310 g/mol. The Hall–Kier alpha value is -2.35. The lowest BCUT2D eigenvalue weighted by Crippen LogP contribution is -2.30. The molecule has 0 aliphatic carbocycles. The first-order chi connectivity index (χ1) is 10.4. The van der Waals surface area contributed by atoms with Crippen molar-refractivity contribution in [1.82, 2.24) is 9.97 Å². The Labute approximate surface area is 133 Å². The minimum absolute atomic E-state index is 0.450. The molecule has 110 valence electrons. The van der Waals surface area contributed by atoms with Gasteiger partial charge in [0.1, 0.15) is 11.9 Å². The van der Waals surface area contributed by atoms with Crippen LogP contribution in [-0.2, 0) is 5.54 Å². The molecule has 0 fully saturated rings. The molecule has 1 heterocycles.